The van der Waals surface area contributed by atoms with Crippen LogP contribution in [0.15, 0.2) is 41.5 Å². The number of likely N-dealkylation sites (tertiary alicyclic amines) is 1. The van der Waals surface area contributed by atoms with Crippen molar-refractivity contribution in [2.75, 3.05) is 18.8 Å². The summed E-state index contributed by atoms with van der Waals surface area (Å²) in [7, 11) is -3.84. The van der Waals surface area contributed by atoms with Gasteiger partial charge in [-0.1, -0.05) is 30.2 Å². The number of allylic oxidation sites excluding steroid dienone is 3. The van der Waals surface area contributed by atoms with Crippen molar-refractivity contribution in [1.29, 1.82) is 0 Å². The van der Waals surface area contributed by atoms with Gasteiger partial charge in [0.1, 0.15) is 17.9 Å². The van der Waals surface area contributed by atoms with Crippen molar-refractivity contribution in [2.24, 2.45) is 5.41 Å². The monoisotopic (exact) mass is 542 g/mol. The van der Waals surface area contributed by atoms with Gasteiger partial charge >= 0.3 is 0 Å². The van der Waals surface area contributed by atoms with Gasteiger partial charge in [0.25, 0.3) is 0 Å². The Morgan fingerprint density at radius 2 is 1.81 bits per heavy atom. The number of aliphatic hydroxyl groups is 1. The van der Waals surface area contributed by atoms with Gasteiger partial charge in [0.2, 0.25) is 10.0 Å². The quantitative estimate of drug-likeness (QED) is 0.397. The van der Waals surface area contributed by atoms with Crippen LogP contribution in [-0.4, -0.2) is 53.8 Å². The van der Waals surface area contributed by atoms with E-state index in [2.05, 4.69) is 4.90 Å². The number of halogens is 3. The fraction of sp³-hybridized carbons (Fsp3) is 0.630. The lowest BCUT2D eigenvalue weighted by Crippen LogP contribution is -2.52. The molecule has 4 rings (SSSR count). The zero-order valence-corrected chi connectivity index (χ0v) is 22.5. The van der Waals surface area contributed by atoms with E-state index in [1.165, 1.54) is 28.9 Å². The van der Waals surface area contributed by atoms with Gasteiger partial charge in [-0.05, 0) is 87.5 Å². The molecule has 2 aliphatic heterocycles. The van der Waals surface area contributed by atoms with Crippen LogP contribution in [0.1, 0.15) is 76.3 Å². The van der Waals surface area contributed by atoms with E-state index in [0.29, 0.717) is 29.9 Å². The van der Waals surface area contributed by atoms with Crippen LogP contribution in [0.25, 0.3) is 0 Å². The molecule has 1 unspecified atom stereocenters. The summed E-state index contributed by atoms with van der Waals surface area (Å²) in [6, 6.07) is 2.30. The van der Waals surface area contributed by atoms with Crippen molar-refractivity contribution < 1.29 is 22.3 Å². The molecular weight excluding hydrogens is 506 g/mol. The third-order valence-corrected chi connectivity index (χ3v) is 10.1. The first-order valence-electron chi connectivity index (χ1n) is 13.0. The van der Waals surface area contributed by atoms with Gasteiger partial charge in [0.15, 0.2) is 0 Å². The van der Waals surface area contributed by atoms with E-state index in [-0.39, 0.29) is 17.2 Å². The number of hydrogen-bond donors (Lipinski definition) is 1. The predicted molar refractivity (Wildman–Crippen MR) is 139 cm³/mol. The second-order valence-electron chi connectivity index (χ2n) is 10.5. The standard InChI is InChI=1S/C27H37ClF2N2O3S/c1-2-21(28)8-7-15-36(34,35)32-24(20-16-22(29)18-23(30)17-20)9-6-10-25(32)27(11-12-27)19-26(33)31-13-4-3-5-14-31/h2,7-8,16-18,24-26,33H,3-6,9-15,19H2,1H3/b8-7-,21-2+/t24-,25+,26?/m0/s1. The Labute approximate surface area is 218 Å². The van der Waals surface area contributed by atoms with Crippen LogP contribution in [0.3, 0.4) is 0 Å². The molecule has 1 aliphatic carbocycles. The highest BCUT2D eigenvalue weighted by molar-refractivity contribution is 7.89. The normalized spacial score (nSPS) is 26.9. The maximum atomic E-state index is 14.2. The van der Waals surface area contributed by atoms with Gasteiger partial charge in [-0.3, -0.25) is 4.90 Å². The van der Waals surface area contributed by atoms with Crippen LogP contribution in [-0.2, 0) is 10.0 Å². The molecule has 200 valence electrons. The second kappa shape index (κ2) is 11.6. The summed E-state index contributed by atoms with van der Waals surface area (Å²) >= 11 is 6.03. The van der Waals surface area contributed by atoms with Gasteiger partial charge in [0, 0.05) is 30.2 Å². The molecule has 0 radical (unpaired) electrons. The first-order valence-corrected chi connectivity index (χ1v) is 15.0. The minimum Gasteiger partial charge on any atom is -0.378 e. The highest BCUT2D eigenvalue weighted by Gasteiger charge is 2.57. The van der Waals surface area contributed by atoms with E-state index in [1.54, 1.807) is 19.1 Å². The molecule has 0 spiro atoms. The topological polar surface area (TPSA) is 60.9 Å². The van der Waals surface area contributed by atoms with Gasteiger partial charge in [-0.25, -0.2) is 17.2 Å². The Morgan fingerprint density at radius 1 is 1.14 bits per heavy atom. The Hall–Kier alpha value is -1.32. The highest BCUT2D eigenvalue weighted by atomic mass is 35.5. The Kier molecular flexibility index (Phi) is 8.93. The van der Waals surface area contributed by atoms with Crippen LogP contribution in [0.2, 0.25) is 0 Å². The SMILES string of the molecule is C/C=C(Cl)\C=C/CS(=O)(=O)N1[C@H](c2cc(F)cc(F)c2)CCC[C@@H]1C1(CC(O)N2CCCCC2)CC1. The van der Waals surface area contributed by atoms with E-state index < -0.39 is 33.9 Å². The molecule has 0 bridgehead atoms. The molecule has 3 aliphatic rings. The molecule has 1 aromatic carbocycles. The summed E-state index contributed by atoms with van der Waals surface area (Å²) in [5.41, 5.74) is 0.00251. The average molecular weight is 543 g/mol. The first-order chi connectivity index (χ1) is 17.1. The molecule has 3 fully saturated rings. The minimum absolute atomic E-state index is 0.257. The number of hydrogen-bond acceptors (Lipinski definition) is 4. The lowest BCUT2D eigenvalue weighted by molar-refractivity contribution is -0.0393. The molecule has 2 heterocycles. The number of aliphatic hydroxyl groups excluding tert-OH is 1. The Bertz CT molecular complexity index is 1060. The van der Waals surface area contributed by atoms with Gasteiger partial charge in [0.05, 0.1) is 11.8 Å². The molecule has 0 aromatic heterocycles. The molecule has 0 amide bonds. The van der Waals surface area contributed by atoms with E-state index in [0.717, 1.165) is 51.3 Å². The average Bonchev–Trinajstić information content (AvgIpc) is 3.63. The number of benzene rings is 1. The lowest BCUT2D eigenvalue weighted by atomic mass is 9.82. The fourth-order valence-electron chi connectivity index (χ4n) is 6.03. The number of piperidine rings is 2. The maximum Gasteiger partial charge on any atom is 0.218 e. The maximum absolute atomic E-state index is 14.2. The molecular formula is C27H37ClF2N2O3S. The van der Waals surface area contributed by atoms with Gasteiger partial charge in [-0.2, -0.15) is 4.31 Å². The van der Waals surface area contributed by atoms with E-state index >= 15 is 0 Å². The van der Waals surface area contributed by atoms with E-state index in [1.807, 2.05) is 0 Å². The lowest BCUT2D eigenvalue weighted by Gasteiger charge is -2.46. The van der Waals surface area contributed by atoms with Crippen LogP contribution >= 0.6 is 11.6 Å². The van der Waals surface area contributed by atoms with Crippen LogP contribution in [0, 0.1) is 17.0 Å². The first kappa shape index (κ1) is 27.7. The summed E-state index contributed by atoms with van der Waals surface area (Å²) in [4.78, 5) is 2.10. The van der Waals surface area contributed by atoms with Crippen molar-refractivity contribution >= 4 is 21.6 Å². The molecule has 1 saturated carbocycles. The molecule has 2 saturated heterocycles. The molecule has 5 nitrogen and oxygen atoms in total. The third-order valence-electron chi connectivity index (χ3n) is 8.02. The highest BCUT2D eigenvalue weighted by Crippen LogP contribution is 2.59. The van der Waals surface area contributed by atoms with Gasteiger partial charge in [-0.15, -0.1) is 0 Å². The smallest absolute Gasteiger partial charge is 0.218 e. The van der Waals surface area contributed by atoms with Crippen LogP contribution < -0.4 is 0 Å². The van der Waals surface area contributed by atoms with Crippen molar-refractivity contribution in [2.45, 2.75) is 83.0 Å². The summed E-state index contributed by atoms with van der Waals surface area (Å²) in [5.74, 6) is -1.69. The van der Waals surface area contributed by atoms with Crippen molar-refractivity contribution in [3.63, 3.8) is 0 Å². The van der Waals surface area contributed by atoms with E-state index in [9.17, 15) is 22.3 Å². The summed E-state index contributed by atoms with van der Waals surface area (Å²) < 4.78 is 57.5. The minimum atomic E-state index is -3.84. The predicted octanol–water partition coefficient (Wildman–Crippen LogP) is 5.86. The Morgan fingerprint density at radius 3 is 2.42 bits per heavy atom. The Balaban J connectivity index is 1.66. The van der Waals surface area contributed by atoms with Gasteiger partial charge < -0.3 is 5.11 Å². The van der Waals surface area contributed by atoms with Crippen LogP contribution in [0.5, 0.6) is 0 Å². The van der Waals surface area contributed by atoms with E-state index in [4.69, 9.17) is 11.6 Å². The second-order valence-corrected chi connectivity index (χ2v) is 12.8. The number of sulfonamides is 1. The zero-order valence-electron chi connectivity index (χ0n) is 20.9. The molecule has 3 atom stereocenters. The van der Waals surface area contributed by atoms with Crippen LogP contribution in [0.4, 0.5) is 8.78 Å². The largest absolute Gasteiger partial charge is 0.378 e. The molecule has 9 heteroatoms. The summed E-state index contributed by atoms with van der Waals surface area (Å²) in [6.45, 7) is 3.47. The molecule has 36 heavy (non-hydrogen) atoms. The fourth-order valence-corrected chi connectivity index (χ4v) is 7.96. The van der Waals surface area contributed by atoms with Crippen molar-refractivity contribution in [1.82, 2.24) is 9.21 Å². The number of rotatable bonds is 9. The zero-order chi connectivity index (χ0) is 25.9. The molecule has 1 aromatic rings. The number of nitrogens with zero attached hydrogens (tertiary/aromatic N) is 2. The molecule has 1 N–H and O–H groups in total. The summed E-state index contributed by atoms with van der Waals surface area (Å²) in [6.07, 6.45) is 11.5. The third kappa shape index (κ3) is 6.38. The van der Waals surface area contributed by atoms with Crippen molar-refractivity contribution in [3.05, 3.63) is 58.7 Å². The summed E-state index contributed by atoms with van der Waals surface area (Å²) in [5, 5.41) is 11.5. The van der Waals surface area contributed by atoms with Crippen molar-refractivity contribution in [3.8, 4) is 0 Å².